The molecule has 0 aromatic rings. The van der Waals surface area contributed by atoms with E-state index in [1.165, 1.54) is 12.8 Å². The van der Waals surface area contributed by atoms with Crippen molar-refractivity contribution in [3.05, 3.63) is 0 Å². The van der Waals surface area contributed by atoms with Gasteiger partial charge in [0.05, 0.1) is 17.8 Å². The summed E-state index contributed by atoms with van der Waals surface area (Å²) >= 11 is 0. The molecule has 0 aromatic carbocycles. The molecule has 2 aliphatic carbocycles. The average molecular weight is 395 g/mol. The highest BCUT2D eigenvalue weighted by atomic mass is 16.7. The van der Waals surface area contributed by atoms with Crippen molar-refractivity contribution in [3.63, 3.8) is 0 Å². The van der Waals surface area contributed by atoms with Crippen molar-refractivity contribution in [3.8, 4) is 0 Å². The van der Waals surface area contributed by atoms with Crippen molar-refractivity contribution in [2.75, 3.05) is 13.7 Å². The molecule has 2 saturated carbocycles. The Bertz CT molecular complexity index is 632. The highest BCUT2D eigenvalue weighted by Gasteiger charge is 2.70. The number of carbonyl (C=O) groups is 1. The summed E-state index contributed by atoms with van der Waals surface area (Å²) in [6.45, 7) is 11.6. The van der Waals surface area contributed by atoms with Gasteiger partial charge in [0.1, 0.15) is 6.10 Å². The van der Waals surface area contributed by atoms with Gasteiger partial charge in [-0.3, -0.25) is 4.79 Å². The van der Waals surface area contributed by atoms with E-state index in [9.17, 15) is 4.79 Å². The van der Waals surface area contributed by atoms with Gasteiger partial charge in [0.2, 0.25) is 0 Å². The number of fused-ring (bicyclic) bond motifs is 2. The van der Waals surface area contributed by atoms with Crippen LogP contribution in [-0.2, 0) is 23.7 Å². The Morgan fingerprint density at radius 2 is 1.86 bits per heavy atom. The molecule has 160 valence electrons. The van der Waals surface area contributed by atoms with Gasteiger partial charge in [0, 0.05) is 31.8 Å². The van der Waals surface area contributed by atoms with Crippen LogP contribution in [0.4, 0.5) is 0 Å². The van der Waals surface area contributed by atoms with Crippen LogP contribution in [0.3, 0.4) is 0 Å². The van der Waals surface area contributed by atoms with Crippen LogP contribution >= 0.6 is 0 Å². The molecule has 0 radical (unpaired) electrons. The minimum absolute atomic E-state index is 0.0127. The molecule has 4 fully saturated rings. The number of carbonyl (C=O) groups excluding carboxylic acids is 1. The molecule has 0 amide bonds. The van der Waals surface area contributed by atoms with E-state index < -0.39 is 0 Å². The van der Waals surface area contributed by atoms with Gasteiger partial charge in [-0.25, -0.2) is 0 Å². The molecule has 5 nitrogen and oxygen atoms in total. The average Bonchev–Trinajstić information content (AvgIpc) is 3.17. The Balaban J connectivity index is 1.72. The molecule has 2 heterocycles. The smallest absolute Gasteiger partial charge is 0.302 e. The van der Waals surface area contributed by atoms with Gasteiger partial charge < -0.3 is 18.9 Å². The van der Waals surface area contributed by atoms with Gasteiger partial charge in [0.25, 0.3) is 0 Å². The van der Waals surface area contributed by atoms with Crippen LogP contribution in [0.1, 0.15) is 79.6 Å². The molecule has 2 aliphatic heterocycles. The van der Waals surface area contributed by atoms with Crippen LogP contribution in [0, 0.1) is 22.7 Å². The fraction of sp³-hybridized carbons (Fsp3) is 0.957. The summed E-state index contributed by atoms with van der Waals surface area (Å²) in [5.41, 5.74) is -0.293. The summed E-state index contributed by atoms with van der Waals surface area (Å²) < 4.78 is 24.4. The first-order valence-corrected chi connectivity index (χ1v) is 11.1. The molecular formula is C23H38O5. The molecular weight excluding hydrogens is 356 g/mol. The maximum absolute atomic E-state index is 11.9. The summed E-state index contributed by atoms with van der Waals surface area (Å²) in [4.78, 5) is 11.9. The number of hydrogen-bond donors (Lipinski definition) is 0. The molecule has 7 atom stereocenters. The fourth-order valence-corrected chi connectivity index (χ4v) is 7.75. The number of esters is 1. The largest absolute Gasteiger partial charge is 0.462 e. The lowest BCUT2D eigenvalue weighted by molar-refractivity contribution is -0.272. The number of ether oxygens (including phenoxy) is 4. The Labute approximate surface area is 169 Å². The van der Waals surface area contributed by atoms with E-state index in [1.807, 2.05) is 0 Å². The second-order valence-corrected chi connectivity index (χ2v) is 10.9. The first-order chi connectivity index (χ1) is 13.1. The van der Waals surface area contributed by atoms with Crippen molar-refractivity contribution in [1.82, 2.24) is 0 Å². The maximum Gasteiger partial charge on any atom is 0.302 e. The first kappa shape index (κ1) is 20.6. The lowest BCUT2D eigenvalue weighted by Gasteiger charge is -2.65. The normalized spacial score (nSPS) is 50.1. The molecule has 5 heteroatoms. The zero-order valence-electron chi connectivity index (χ0n) is 18.5. The Morgan fingerprint density at radius 3 is 2.50 bits per heavy atom. The fourth-order valence-electron chi connectivity index (χ4n) is 7.75. The lowest BCUT2D eigenvalue weighted by atomic mass is 9.43. The van der Waals surface area contributed by atoms with E-state index >= 15 is 0 Å². The van der Waals surface area contributed by atoms with E-state index in [-0.39, 0.29) is 40.4 Å². The van der Waals surface area contributed by atoms with Crippen LogP contribution < -0.4 is 0 Å². The summed E-state index contributed by atoms with van der Waals surface area (Å²) in [6.07, 6.45) is 7.11. The summed E-state index contributed by atoms with van der Waals surface area (Å²) in [5, 5.41) is 0. The predicted molar refractivity (Wildman–Crippen MR) is 106 cm³/mol. The number of hydrogen-bond acceptors (Lipinski definition) is 5. The molecule has 4 aliphatic rings. The molecule has 2 spiro atoms. The van der Waals surface area contributed by atoms with Crippen LogP contribution in [0.2, 0.25) is 0 Å². The highest BCUT2D eigenvalue weighted by Crippen LogP contribution is 2.68. The highest BCUT2D eigenvalue weighted by molar-refractivity contribution is 5.66. The Hall–Kier alpha value is -0.650. The zero-order chi connectivity index (χ0) is 20.4. The van der Waals surface area contributed by atoms with Gasteiger partial charge in [0.15, 0.2) is 6.29 Å². The number of rotatable bonds is 2. The van der Waals surface area contributed by atoms with Gasteiger partial charge in [-0.05, 0) is 43.4 Å². The van der Waals surface area contributed by atoms with Gasteiger partial charge in [-0.15, -0.1) is 0 Å². The Morgan fingerprint density at radius 1 is 1.11 bits per heavy atom. The summed E-state index contributed by atoms with van der Waals surface area (Å²) in [6, 6.07) is 0. The lowest BCUT2D eigenvalue weighted by Crippen LogP contribution is -2.67. The van der Waals surface area contributed by atoms with E-state index in [4.69, 9.17) is 18.9 Å². The van der Waals surface area contributed by atoms with E-state index in [0.717, 1.165) is 32.1 Å². The van der Waals surface area contributed by atoms with Crippen molar-refractivity contribution in [2.45, 2.75) is 103 Å². The summed E-state index contributed by atoms with van der Waals surface area (Å²) in [7, 11) is 1.71. The molecule has 2 saturated heterocycles. The third-order valence-electron chi connectivity index (χ3n) is 8.77. The van der Waals surface area contributed by atoms with E-state index in [2.05, 4.69) is 27.7 Å². The van der Waals surface area contributed by atoms with Crippen LogP contribution in [-0.4, -0.2) is 43.3 Å². The second kappa shape index (κ2) is 6.68. The minimum atomic E-state index is -0.224. The third-order valence-corrected chi connectivity index (χ3v) is 8.77. The topological polar surface area (TPSA) is 54.0 Å². The van der Waals surface area contributed by atoms with Crippen LogP contribution in [0.25, 0.3) is 0 Å². The third kappa shape index (κ3) is 2.87. The first-order valence-electron chi connectivity index (χ1n) is 11.1. The molecule has 0 aromatic heterocycles. The molecule has 0 bridgehead atoms. The van der Waals surface area contributed by atoms with Gasteiger partial charge in [-0.1, -0.05) is 34.1 Å². The summed E-state index contributed by atoms with van der Waals surface area (Å²) in [5.74, 6) is 0.491. The van der Waals surface area contributed by atoms with Gasteiger partial charge >= 0.3 is 5.97 Å². The predicted octanol–water partition coefficient (Wildman–Crippen LogP) is 4.47. The van der Waals surface area contributed by atoms with E-state index in [0.29, 0.717) is 18.4 Å². The maximum atomic E-state index is 11.9. The Kier molecular flexibility index (Phi) is 4.92. The van der Waals surface area contributed by atoms with Crippen molar-refractivity contribution in [2.24, 2.45) is 22.7 Å². The number of methoxy groups -OCH3 is 1. The van der Waals surface area contributed by atoms with Crippen LogP contribution in [0.15, 0.2) is 0 Å². The van der Waals surface area contributed by atoms with Crippen molar-refractivity contribution < 1.29 is 23.7 Å². The standard InChI is InChI=1S/C23H38O5/c1-15-12-17(27-16(2)24)19-20(3,4)8-7-9-21(19,5)23(15)11-10-22(28-23)13-18(25-6)26-14-22/h15,17-19H,7-14H2,1-6H3/t15-,17-,18+,19+,21+,22+,23-/m0/s1. The van der Waals surface area contributed by atoms with Crippen molar-refractivity contribution >= 4 is 5.97 Å². The second-order valence-electron chi connectivity index (χ2n) is 10.9. The zero-order valence-corrected chi connectivity index (χ0v) is 18.5. The SMILES string of the molecule is CO[C@H]1C[C@]2(CC[C@]3(O2)[C@@H](C)C[C@H](OC(C)=O)[C@@H]2C(C)(C)CCC[C@]23C)CO1. The molecule has 28 heavy (non-hydrogen) atoms. The molecule has 0 unspecified atom stereocenters. The quantitative estimate of drug-likeness (QED) is 0.647. The van der Waals surface area contributed by atoms with Crippen molar-refractivity contribution in [1.29, 1.82) is 0 Å². The minimum Gasteiger partial charge on any atom is -0.462 e. The monoisotopic (exact) mass is 394 g/mol. The molecule has 0 N–H and O–H groups in total. The van der Waals surface area contributed by atoms with Gasteiger partial charge in [-0.2, -0.15) is 0 Å². The van der Waals surface area contributed by atoms with E-state index in [1.54, 1.807) is 14.0 Å². The van der Waals surface area contributed by atoms with Crippen LogP contribution in [0.5, 0.6) is 0 Å². The molecule has 4 rings (SSSR count).